The van der Waals surface area contributed by atoms with E-state index < -0.39 is 12.0 Å². The number of halogens is 3. The predicted octanol–water partition coefficient (Wildman–Crippen LogP) is 1.21. The summed E-state index contributed by atoms with van der Waals surface area (Å²) in [6.45, 7) is 1.90. The standard InChI is InChI=1S/C10H10F3N5O/c11-10(12,13)9-16-7-6(14-5-15-7)8(17-9)18-1-3-19-4-2-18/h5H,1-4H2,(H,14,15,16,17). The van der Waals surface area contributed by atoms with Gasteiger partial charge < -0.3 is 14.6 Å². The number of aromatic nitrogens is 4. The quantitative estimate of drug-likeness (QED) is 0.846. The summed E-state index contributed by atoms with van der Waals surface area (Å²) in [6.07, 6.45) is -3.28. The molecular formula is C10H10F3N5O. The molecule has 1 N–H and O–H groups in total. The van der Waals surface area contributed by atoms with Crippen molar-refractivity contribution >= 4 is 17.0 Å². The second-order valence-electron chi connectivity index (χ2n) is 4.07. The number of alkyl halides is 3. The van der Waals surface area contributed by atoms with Crippen LogP contribution in [0.25, 0.3) is 11.2 Å². The zero-order valence-electron chi connectivity index (χ0n) is 9.74. The molecule has 0 bridgehead atoms. The number of anilines is 1. The molecule has 0 saturated carbocycles. The molecule has 0 atom stereocenters. The number of hydrogen-bond donors (Lipinski definition) is 1. The molecule has 6 nitrogen and oxygen atoms in total. The molecule has 3 rings (SSSR count). The summed E-state index contributed by atoms with van der Waals surface area (Å²) >= 11 is 0. The molecule has 1 saturated heterocycles. The third-order valence-corrected chi connectivity index (χ3v) is 2.83. The van der Waals surface area contributed by atoms with Crippen LogP contribution in [-0.4, -0.2) is 46.2 Å². The fourth-order valence-corrected chi connectivity index (χ4v) is 1.95. The Bertz CT molecular complexity index is 590. The molecule has 1 aliphatic rings. The molecule has 0 amide bonds. The maximum Gasteiger partial charge on any atom is 0.451 e. The summed E-state index contributed by atoms with van der Waals surface area (Å²) in [5, 5.41) is 0. The summed E-state index contributed by atoms with van der Waals surface area (Å²) in [4.78, 5) is 15.4. The summed E-state index contributed by atoms with van der Waals surface area (Å²) < 4.78 is 43.5. The number of hydrogen-bond acceptors (Lipinski definition) is 5. The number of nitrogens with one attached hydrogen (secondary N) is 1. The van der Waals surface area contributed by atoms with Crippen molar-refractivity contribution in [2.24, 2.45) is 0 Å². The largest absolute Gasteiger partial charge is 0.451 e. The van der Waals surface area contributed by atoms with Crippen LogP contribution >= 0.6 is 0 Å². The Morgan fingerprint density at radius 2 is 1.95 bits per heavy atom. The van der Waals surface area contributed by atoms with Crippen LogP contribution in [0, 0.1) is 0 Å². The van der Waals surface area contributed by atoms with Crippen molar-refractivity contribution in [1.82, 2.24) is 19.9 Å². The molecule has 2 aromatic rings. The van der Waals surface area contributed by atoms with Crippen LogP contribution in [-0.2, 0) is 10.9 Å². The molecule has 3 heterocycles. The Hall–Kier alpha value is -1.90. The van der Waals surface area contributed by atoms with Gasteiger partial charge in [0.25, 0.3) is 0 Å². The van der Waals surface area contributed by atoms with Gasteiger partial charge in [-0.05, 0) is 0 Å². The first-order chi connectivity index (χ1) is 9.05. The second kappa shape index (κ2) is 4.34. The Balaban J connectivity index is 2.12. The van der Waals surface area contributed by atoms with Crippen molar-refractivity contribution < 1.29 is 17.9 Å². The third kappa shape index (κ3) is 2.21. The number of H-pyrrole nitrogens is 1. The van der Waals surface area contributed by atoms with E-state index in [1.807, 2.05) is 0 Å². The van der Waals surface area contributed by atoms with Crippen molar-refractivity contribution in [3.8, 4) is 0 Å². The van der Waals surface area contributed by atoms with Gasteiger partial charge in [0, 0.05) is 13.1 Å². The van der Waals surface area contributed by atoms with Gasteiger partial charge in [0.1, 0.15) is 5.52 Å². The molecule has 0 unspecified atom stereocenters. The number of imidazole rings is 1. The van der Waals surface area contributed by atoms with Crippen LogP contribution in [0.1, 0.15) is 5.82 Å². The van der Waals surface area contributed by atoms with Gasteiger partial charge in [-0.15, -0.1) is 0 Å². The molecule has 0 aromatic carbocycles. The van der Waals surface area contributed by atoms with Crippen LogP contribution < -0.4 is 4.90 Å². The van der Waals surface area contributed by atoms with E-state index in [9.17, 15) is 13.2 Å². The number of morpholine rings is 1. The first kappa shape index (κ1) is 12.2. The lowest BCUT2D eigenvalue weighted by molar-refractivity contribution is -0.144. The number of nitrogens with zero attached hydrogens (tertiary/aromatic N) is 4. The lowest BCUT2D eigenvalue weighted by Gasteiger charge is -2.28. The highest BCUT2D eigenvalue weighted by Gasteiger charge is 2.36. The minimum Gasteiger partial charge on any atom is -0.378 e. The van der Waals surface area contributed by atoms with Crippen molar-refractivity contribution in [3.63, 3.8) is 0 Å². The van der Waals surface area contributed by atoms with E-state index in [-0.39, 0.29) is 11.5 Å². The first-order valence-corrected chi connectivity index (χ1v) is 5.67. The van der Waals surface area contributed by atoms with Gasteiger partial charge in [-0.1, -0.05) is 0 Å². The van der Waals surface area contributed by atoms with Gasteiger partial charge in [-0.25, -0.2) is 15.0 Å². The fourth-order valence-electron chi connectivity index (χ4n) is 1.95. The normalized spacial score (nSPS) is 17.1. The molecule has 0 aliphatic carbocycles. The zero-order chi connectivity index (χ0) is 13.5. The van der Waals surface area contributed by atoms with Gasteiger partial charge in [-0.3, -0.25) is 0 Å². The minimum absolute atomic E-state index is 0.0174. The number of rotatable bonds is 1. The summed E-state index contributed by atoms with van der Waals surface area (Å²) in [5.41, 5.74) is 0.429. The van der Waals surface area contributed by atoms with E-state index in [4.69, 9.17) is 4.74 Å². The van der Waals surface area contributed by atoms with Crippen LogP contribution in [0.2, 0.25) is 0 Å². The third-order valence-electron chi connectivity index (χ3n) is 2.83. The molecule has 0 radical (unpaired) electrons. The molecule has 0 spiro atoms. The monoisotopic (exact) mass is 273 g/mol. The van der Waals surface area contributed by atoms with E-state index in [0.717, 1.165) is 0 Å². The lowest BCUT2D eigenvalue weighted by Crippen LogP contribution is -2.37. The van der Waals surface area contributed by atoms with Crippen molar-refractivity contribution in [1.29, 1.82) is 0 Å². The number of ether oxygens (including phenoxy) is 1. The zero-order valence-corrected chi connectivity index (χ0v) is 9.74. The second-order valence-corrected chi connectivity index (χ2v) is 4.07. The highest BCUT2D eigenvalue weighted by molar-refractivity contribution is 5.83. The number of aromatic amines is 1. The van der Waals surface area contributed by atoms with E-state index in [2.05, 4.69) is 19.9 Å². The summed E-state index contributed by atoms with van der Waals surface area (Å²) in [5.74, 6) is -0.952. The van der Waals surface area contributed by atoms with Crippen molar-refractivity contribution in [2.45, 2.75) is 6.18 Å². The highest BCUT2D eigenvalue weighted by Crippen LogP contribution is 2.30. The minimum atomic E-state index is -4.59. The number of fused-ring (bicyclic) bond motifs is 1. The van der Waals surface area contributed by atoms with E-state index in [1.54, 1.807) is 4.90 Å². The SMILES string of the molecule is FC(F)(F)c1nc(N2CCOCC2)c2[nH]cnc2n1. The van der Waals surface area contributed by atoms with Gasteiger partial charge in [-0.2, -0.15) is 13.2 Å². The van der Waals surface area contributed by atoms with Crippen LogP contribution in [0.3, 0.4) is 0 Å². The van der Waals surface area contributed by atoms with Gasteiger partial charge >= 0.3 is 6.18 Å². The van der Waals surface area contributed by atoms with Crippen LogP contribution in [0.5, 0.6) is 0 Å². The van der Waals surface area contributed by atoms with Gasteiger partial charge in [0.15, 0.2) is 11.5 Å². The molecule has 2 aromatic heterocycles. The maximum absolute atomic E-state index is 12.8. The smallest absolute Gasteiger partial charge is 0.378 e. The maximum atomic E-state index is 12.8. The molecule has 19 heavy (non-hydrogen) atoms. The van der Waals surface area contributed by atoms with Crippen molar-refractivity contribution in [2.75, 3.05) is 31.2 Å². The van der Waals surface area contributed by atoms with Crippen molar-refractivity contribution in [3.05, 3.63) is 12.2 Å². The Morgan fingerprint density at radius 3 is 2.63 bits per heavy atom. The van der Waals surface area contributed by atoms with Gasteiger partial charge in [0.2, 0.25) is 5.82 Å². The topological polar surface area (TPSA) is 66.9 Å². The van der Waals surface area contributed by atoms with E-state index >= 15 is 0 Å². The highest BCUT2D eigenvalue weighted by atomic mass is 19.4. The van der Waals surface area contributed by atoms with Crippen LogP contribution in [0.4, 0.5) is 19.0 Å². The first-order valence-electron chi connectivity index (χ1n) is 5.67. The molecular weight excluding hydrogens is 263 g/mol. The fraction of sp³-hybridized carbons (Fsp3) is 0.500. The molecule has 1 fully saturated rings. The Kier molecular flexibility index (Phi) is 2.77. The summed E-state index contributed by atoms with van der Waals surface area (Å²) in [6, 6.07) is 0. The molecule has 9 heteroatoms. The Morgan fingerprint density at radius 1 is 1.21 bits per heavy atom. The average Bonchev–Trinajstić information content (AvgIpc) is 2.85. The molecule has 1 aliphatic heterocycles. The van der Waals surface area contributed by atoms with E-state index in [1.165, 1.54) is 6.33 Å². The molecule has 102 valence electrons. The summed E-state index contributed by atoms with van der Waals surface area (Å²) in [7, 11) is 0. The van der Waals surface area contributed by atoms with Crippen LogP contribution in [0.15, 0.2) is 6.33 Å². The predicted molar refractivity (Wildman–Crippen MR) is 59.7 cm³/mol. The lowest BCUT2D eigenvalue weighted by atomic mass is 10.3. The Labute approximate surface area is 105 Å². The average molecular weight is 273 g/mol. The van der Waals surface area contributed by atoms with Gasteiger partial charge in [0.05, 0.1) is 19.5 Å². The van der Waals surface area contributed by atoms with E-state index in [0.29, 0.717) is 31.8 Å².